The van der Waals surface area contributed by atoms with Gasteiger partial charge in [-0.1, -0.05) is 50.2 Å². The van der Waals surface area contributed by atoms with Gasteiger partial charge in [0.2, 0.25) is 0 Å². The third-order valence-corrected chi connectivity index (χ3v) is 6.73. The highest BCUT2D eigenvalue weighted by Gasteiger charge is 2.18. The van der Waals surface area contributed by atoms with Crippen molar-refractivity contribution in [1.29, 1.82) is 0 Å². The van der Waals surface area contributed by atoms with Crippen LogP contribution in [0.3, 0.4) is 0 Å². The summed E-state index contributed by atoms with van der Waals surface area (Å²) in [7, 11) is 0. The molecule has 3 aromatic carbocycles. The SMILES string of the molecule is CC(C)Sc1ccc(-c2ccccc2CN2CCN(c3ccc(C=O)cc3)CC2)cc1. The third-order valence-electron chi connectivity index (χ3n) is 5.72. The van der Waals surface area contributed by atoms with Crippen molar-refractivity contribution in [3.63, 3.8) is 0 Å². The van der Waals surface area contributed by atoms with Crippen molar-refractivity contribution in [2.75, 3.05) is 31.1 Å². The quantitative estimate of drug-likeness (QED) is 0.339. The van der Waals surface area contributed by atoms with Gasteiger partial charge < -0.3 is 4.90 Å². The van der Waals surface area contributed by atoms with Crippen LogP contribution in [0.2, 0.25) is 0 Å². The number of thioether (sulfide) groups is 1. The Morgan fingerprint density at radius 2 is 1.55 bits per heavy atom. The van der Waals surface area contributed by atoms with E-state index in [0.29, 0.717) is 5.25 Å². The van der Waals surface area contributed by atoms with Gasteiger partial charge in [-0.2, -0.15) is 0 Å². The summed E-state index contributed by atoms with van der Waals surface area (Å²) in [6.07, 6.45) is 0.899. The predicted octanol–water partition coefficient (Wildman–Crippen LogP) is 5.99. The summed E-state index contributed by atoms with van der Waals surface area (Å²) in [5, 5.41) is 0.597. The first-order chi connectivity index (χ1) is 15.1. The number of benzene rings is 3. The van der Waals surface area contributed by atoms with Crippen molar-refractivity contribution in [2.24, 2.45) is 0 Å². The maximum Gasteiger partial charge on any atom is 0.150 e. The number of carbonyl (C=O) groups excluding carboxylic acids is 1. The van der Waals surface area contributed by atoms with Gasteiger partial charge in [0.05, 0.1) is 0 Å². The Kier molecular flexibility index (Phi) is 7.10. The number of aldehydes is 1. The van der Waals surface area contributed by atoms with Gasteiger partial charge in [-0.15, -0.1) is 11.8 Å². The summed E-state index contributed by atoms with van der Waals surface area (Å²) in [6, 6.07) is 25.7. The van der Waals surface area contributed by atoms with Crippen LogP contribution in [0.15, 0.2) is 77.7 Å². The van der Waals surface area contributed by atoms with Crippen LogP contribution < -0.4 is 4.90 Å². The number of piperazine rings is 1. The van der Waals surface area contributed by atoms with Crippen molar-refractivity contribution < 1.29 is 4.79 Å². The molecule has 0 amide bonds. The molecule has 0 N–H and O–H groups in total. The zero-order chi connectivity index (χ0) is 21.6. The van der Waals surface area contributed by atoms with Crippen LogP contribution in [0.1, 0.15) is 29.8 Å². The van der Waals surface area contributed by atoms with Crippen molar-refractivity contribution in [3.8, 4) is 11.1 Å². The standard InChI is InChI=1S/C27H30N2OS/c1-21(2)31-26-13-9-23(10-14-26)27-6-4-3-5-24(27)19-28-15-17-29(18-16-28)25-11-7-22(20-30)8-12-25/h3-14,20-21H,15-19H2,1-2H3. The van der Waals surface area contributed by atoms with E-state index in [9.17, 15) is 4.79 Å². The number of nitrogens with zero attached hydrogens (tertiary/aromatic N) is 2. The maximum absolute atomic E-state index is 10.9. The van der Waals surface area contributed by atoms with Crippen molar-refractivity contribution >= 4 is 23.7 Å². The summed E-state index contributed by atoms with van der Waals surface area (Å²) < 4.78 is 0. The lowest BCUT2D eigenvalue weighted by atomic mass is 9.99. The molecular formula is C27H30N2OS. The van der Waals surface area contributed by atoms with Crippen LogP contribution in [0.5, 0.6) is 0 Å². The zero-order valence-electron chi connectivity index (χ0n) is 18.3. The molecular weight excluding hydrogens is 400 g/mol. The van der Waals surface area contributed by atoms with E-state index in [1.165, 1.54) is 27.3 Å². The van der Waals surface area contributed by atoms with Crippen LogP contribution in [0.4, 0.5) is 5.69 Å². The van der Waals surface area contributed by atoms with Crippen molar-refractivity contribution in [2.45, 2.75) is 30.5 Å². The molecule has 1 saturated heterocycles. The molecule has 3 nitrogen and oxygen atoms in total. The van der Waals surface area contributed by atoms with Crippen LogP contribution in [0, 0.1) is 0 Å². The lowest BCUT2D eigenvalue weighted by Crippen LogP contribution is -2.46. The molecule has 0 aromatic heterocycles. The molecule has 4 heteroatoms. The Morgan fingerprint density at radius 3 is 2.19 bits per heavy atom. The highest BCUT2D eigenvalue weighted by molar-refractivity contribution is 7.99. The minimum atomic E-state index is 0.597. The fourth-order valence-electron chi connectivity index (χ4n) is 4.09. The van der Waals surface area contributed by atoms with Crippen molar-refractivity contribution in [3.05, 3.63) is 83.9 Å². The molecule has 160 valence electrons. The molecule has 1 aliphatic rings. The second-order valence-corrected chi connectivity index (χ2v) is 9.97. The normalized spacial score (nSPS) is 14.7. The van der Waals surface area contributed by atoms with E-state index >= 15 is 0 Å². The maximum atomic E-state index is 10.9. The second-order valence-electron chi connectivity index (χ2n) is 8.32. The number of rotatable bonds is 7. The minimum absolute atomic E-state index is 0.597. The van der Waals surface area contributed by atoms with Gasteiger partial charge in [-0.05, 0) is 53.1 Å². The van der Waals surface area contributed by atoms with E-state index in [0.717, 1.165) is 44.6 Å². The Morgan fingerprint density at radius 1 is 0.871 bits per heavy atom. The number of hydrogen-bond donors (Lipinski definition) is 0. The minimum Gasteiger partial charge on any atom is -0.369 e. The third kappa shape index (κ3) is 5.57. The summed E-state index contributed by atoms with van der Waals surface area (Å²) in [6.45, 7) is 9.51. The Labute approximate surface area is 190 Å². The lowest BCUT2D eigenvalue weighted by molar-refractivity contribution is 0.112. The number of anilines is 1. The molecule has 4 rings (SSSR count). The van der Waals surface area contributed by atoms with Gasteiger partial charge in [0.25, 0.3) is 0 Å². The Hall–Kier alpha value is -2.56. The molecule has 0 aliphatic carbocycles. The van der Waals surface area contributed by atoms with E-state index in [1.807, 2.05) is 23.9 Å². The molecule has 3 aromatic rings. The van der Waals surface area contributed by atoms with Crippen LogP contribution in [-0.2, 0) is 6.54 Å². The van der Waals surface area contributed by atoms with Gasteiger partial charge in [0, 0.05) is 54.1 Å². The molecule has 1 heterocycles. The first kappa shape index (κ1) is 21.7. The van der Waals surface area contributed by atoms with E-state index in [2.05, 4.69) is 84.3 Å². The molecule has 0 saturated carbocycles. The summed E-state index contributed by atoms with van der Waals surface area (Å²) in [4.78, 5) is 17.2. The second kappa shape index (κ2) is 10.2. The molecule has 0 spiro atoms. The first-order valence-electron chi connectivity index (χ1n) is 11.0. The van der Waals surface area contributed by atoms with E-state index < -0.39 is 0 Å². The summed E-state index contributed by atoms with van der Waals surface area (Å²) in [5.41, 5.74) is 5.93. The average molecular weight is 431 g/mol. The first-order valence-corrected chi connectivity index (χ1v) is 11.9. The van der Waals surface area contributed by atoms with Gasteiger partial charge in [0.15, 0.2) is 0 Å². The lowest BCUT2D eigenvalue weighted by Gasteiger charge is -2.36. The molecule has 1 fully saturated rings. The summed E-state index contributed by atoms with van der Waals surface area (Å²) in [5.74, 6) is 0. The molecule has 1 aliphatic heterocycles. The Balaban J connectivity index is 1.41. The predicted molar refractivity (Wildman–Crippen MR) is 132 cm³/mol. The fraction of sp³-hybridized carbons (Fsp3) is 0.296. The monoisotopic (exact) mass is 430 g/mol. The molecule has 0 unspecified atom stereocenters. The fourth-order valence-corrected chi connectivity index (χ4v) is 4.93. The zero-order valence-corrected chi connectivity index (χ0v) is 19.1. The molecule has 0 radical (unpaired) electrons. The number of carbonyl (C=O) groups is 1. The van der Waals surface area contributed by atoms with Gasteiger partial charge in [0.1, 0.15) is 6.29 Å². The molecule has 0 bridgehead atoms. The highest BCUT2D eigenvalue weighted by Crippen LogP contribution is 2.29. The largest absolute Gasteiger partial charge is 0.369 e. The van der Waals surface area contributed by atoms with Crippen LogP contribution in [-0.4, -0.2) is 42.6 Å². The van der Waals surface area contributed by atoms with E-state index in [-0.39, 0.29) is 0 Å². The topological polar surface area (TPSA) is 23.6 Å². The highest BCUT2D eigenvalue weighted by atomic mass is 32.2. The molecule has 0 atom stereocenters. The van der Waals surface area contributed by atoms with Crippen LogP contribution in [0.25, 0.3) is 11.1 Å². The Bertz CT molecular complexity index is 991. The average Bonchev–Trinajstić information content (AvgIpc) is 2.80. The van der Waals surface area contributed by atoms with E-state index in [4.69, 9.17) is 0 Å². The van der Waals surface area contributed by atoms with Gasteiger partial charge >= 0.3 is 0 Å². The van der Waals surface area contributed by atoms with Crippen LogP contribution >= 0.6 is 11.8 Å². The molecule has 31 heavy (non-hydrogen) atoms. The summed E-state index contributed by atoms with van der Waals surface area (Å²) >= 11 is 1.91. The smallest absolute Gasteiger partial charge is 0.150 e. The number of hydrogen-bond acceptors (Lipinski definition) is 4. The van der Waals surface area contributed by atoms with Gasteiger partial charge in [-0.3, -0.25) is 9.69 Å². The van der Waals surface area contributed by atoms with E-state index in [1.54, 1.807) is 0 Å². The van der Waals surface area contributed by atoms with Crippen molar-refractivity contribution in [1.82, 2.24) is 4.90 Å². The van der Waals surface area contributed by atoms with Gasteiger partial charge in [-0.25, -0.2) is 0 Å².